The number of carbonyl (C=O) groups is 2. The highest BCUT2D eigenvalue weighted by Crippen LogP contribution is 2.44. The van der Waals surface area contributed by atoms with Gasteiger partial charge in [0.1, 0.15) is 13.2 Å². The van der Waals surface area contributed by atoms with Gasteiger partial charge in [0.05, 0.1) is 35.8 Å². The molecular weight excluding hydrogens is 296 g/mol. The van der Waals surface area contributed by atoms with E-state index in [9.17, 15) is 9.59 Å². The summed E-state index contributed by atoms with van der Waals surface area (Å²) in [6.45, 7) is 5.04. The van der Waals surface area contributed by atoms with Gasteiger partial charge in [-0.2, -0.15) is 0 Å². The van der Waals surface area contributed by atoms with E-state index in [4.69, 9.17) is 18.9 Å². The largest absolute Gasteiger partial charge is 0.485 e. The molecule has 0 amide bonds. The van der Waals surface area contributed by atoms with Gasteiger partial charge in [0.25, 0.3) is 0 Å². The average Bonchev–Trinajstić information content (AvgIpc) is 2.78. The molecule has 0 fully saturated rings. The zero-order valence-corrected chi connectivity index (χ0v) is 12.9. The van der Waals surface area contributed by atoms with E-state index >= 15 is 0 Å². The molecule has 0 saturated carbocycles. The maximum Gasteiger partial charge on any atom is 0.311 e. The first-order valence-electron chi connectivity index (χ1n) is 6.87. The Morgan fingerprint density at radius 1 is 0.952 bits per heavy atom. The molecule has 6 nitrogen and oxygen atoms in total. The fraction of sp³-hybridized carbons (Fsp3) is 0.571. The minimum absolute atomic E-state index is 0.118. The van der Waals surface area contributed by atoms with Gasteiger partial charge in [0, 0.05) is 0 Å². The van der Waals surface area contributed by atoms with Crippen molar-refractivity contribution in [3.05, 3.63) is 9.75 Å². The average molecular weight is 314 g/mol. The topological polar surface area (TPSA) is 71.1 Å². The molecule has 0 atom stereocenters. The van der Waals surface area contributed by atoms with Crippen molar-refractivity contribution < 1.29 is 28.5 Å². The van der Waals surface area contributed by atoms with Gasteiger partial charge in [-0.3, -0.25) is 9.59 Å². The molecule has 0 radical (unpaired) electrons. The van der Waals surface area contributed by atoms with E-state index in [0.717, 1.165) is 9.75 Å². The summed E-state index contributed by atoms with van der Waals surface area (Å²) in [6.07, 6.45) is 0.236. The molecule has 0 aromatic carbocycles. The van der Waals surface area contributed by atoms with Crippen LogP contribution in [0.2, 0.25) is 0 Å². The third kappa shape index (κ3) is 3.87. The summed E-state index contributed by atoms with van der Waals surface area (Å²) < 4.78 is 21.1. The number of hydrogen-bond acceptors (Lipinski definition) is 7. The summed E-state index contributed by atoms with van der Waals surface area (Å²) in [6, 6.07) is 0. The van der Waals surface area contributed by atoms with Crippen LogP contribution in [0, 0.1) is 0 Å². The molecule has 0 N–H and O–H groups in total. The Labute approximate surface area is 126 Å². The SMILES string of the molecule is CCOC(=O)Cc1sc(CC(=O)OCC)c2c1OCCO2. The second-order valence-corrected chi connectivity index (χ2v) is 5.46. The van der Waals surface area contributed by atoms with Crippen LogP contribution in [0.1, 0.15) is 23.6 Å². The minimum Gasteiger partial charge on any atom is -0.485 e. The lowest BCUT2D eigenvalue weighted by Crippen LogP contribution is -2.17. The summed E-state index contributed by atoms with van der Waals surface area (Å²) in [7, 11) is 0. The monoisotopic (exact) mass is 314 g/mol. The van der Waals surface area contributed by atoms with E-state index in [1.807, 2.05) is 0 Å². The van der Waals surface area contributed by atoms with Crippen LogP contribution >= 0.6 is 11.3 Å². The Morgan fingerprint density at radius 2 is 1.38 bits per heavy atom. The number of thiophene rings is 1. The van der Waals surface area contributed by atoms with Crippen LogP contribution in [-0.2, 0) is 31.9 Å². The molecule has 0 saturated heterocycles. The van der Waals surface area contributed by atoms with Gasteiger partial charge in [0.15, 0.2) is 11.5 Å². The highest BCUT2D eigenvalue weighted by atomic mass is 32.1. The first kappa shape index (κ1) is 15.6. The molecule has 2 rings (SSSR count). The third-order valence-corrected chi connectivity index (χ3v) is 3.91. The lowest BCUT2D eigenvalue weighted by molar-refractivity contribution is -0.143. The van der Waals surface area contributed by atoms with Crippen molar-refractivity contribution in [1.82, 2.24) is 0 Å². The Kier molecular flexibility index (Phi) is 5.44. The van der Waals surface area contributed by atoms with E-state index < -0.39 is 0 Å². The van der Waals surface area contributed by atoms with Crippen LogP contribution in [0.25, 0.3) is 0 Å². The van der Waals surface area contributed by atoms with E-state index in [0.29, 0.717) is 37.9 Å². The molecule has 1 aliphatic heterocycles. The number of ether oxygens (including phenoxy) is 4. The van der Waals surface area contributed by atoms with Gasteiger partial charge in [0.2, 0.25) is 0 Å². The summed E-state index contributed by atoms with van der Waals surface area (Å²) in [5, 5.41) is 0. The van der Waals surface area contributed by atoms with Gasteiger partial charge in [-0.05, 0) is 13.8 Å². The number of esters is 2. The van der Waals surface area contributed by atoms with Crippen molar-refractivity contribution >= 4 is 23.3 Å². The smallest absolute Gasteiger partial charge is 0.311 e. The first-order valence-corrected chi connectivity index (χ1v) is 7.68. The predicted octanol–water partition coefficient (Wildman–Crippen LogP) is 1.73. The van der Waals surface area contributed by atoms with Crippen LogP contribution in [0.5, 0.6) is 11.5 Å². The quantitative estimate of drug-likeness (QED) is 0.745. The van der Waals surface area contributed by atoms with Gasteiger partial charge in [-0.15, -0.1) is 11.3 Å². The summed E-state index contributed by atoms with van der Waals surface area (Å²) in [5.74, 6) is 0.467. The molecule has 21 heavy (non-hydrogen) atoms. The van der Waals surface area contributed by atoms with Crippen molar-refractivity contribution in [2.24, 2.45) is 0 Å². The molecule has 1 aromatic heterocycles. The van der Waals surface area contributed by atoms with Crippen LogP contribution < -0.4 is 9.47 Å². The minimum atomic E-state index is -0.321. The van der Waals surface area contributed by atoms with E-state index in [1.165, 1.54) is 11.3 Å². The Balaban J connectivity index is 2.19. The zero-order chi connectivity index (χ0) is 15.2. The van der Waals surface area contributed by atoms with E-state index in [1.54, 1.807) is 13.8 Å². The van der Waals surface area contributed by atoms with Crippen molar-refractivity contribution in [1.29, 1.82) is 0 Å². The third-order valence-electron chi connectivity index (χ3n) is 2.76. The molecule has 7 heteroatoms. The van der Waals surface area contributed by atoms with E-state index in [-0.39, 0.29) is 24.8 Å². The van der Waals surface area contributed by atoms with Crippen LogP contribution in [-0.4, -0.2) is 38.4 Å². The molecule has 0 spiro atoms. The van der Waals surface area contributed by atoms with Gasteiger partial charge in [-0.25, -0.2) is 0 Å². The molecule has 2 heterocycles. The highest BCUT2D eigenvalue weighted by molar-refractivity contribution is 7.13. The zero-order valence-electron chi connectivity index (χ0n) is 12.1. The highest BCUT2D eigenvalue weighted by Gasteiger charge is 2.27. The van der Waals surface area contributed by atoms with Crippen molar-refractivity contribution in [2.75, 3.05) is 26.4 Å². The van der Waals surface area contributed by atoms with Crippen LogP contribution in [0.4, 0.5) is 0 Å². The molecule has 0 bridgehead atoms. The maximum atomic E-state index is 11.6. The van der Waals surface area contributed by atoms with Crippen molar-refractivity contribution in [3.63, 3.8) is 0 Å². The fourth-order valence-electron chi connectivity index (χ4n) is 1.99. The molecular formula is C14H18O6S. The fourth-order valence-corrected chi connectivity index (χ4v) is 3.16. The Morgan fingerprint density at radius 3 is 1.76 bits per heavy atom. The molecule has 1 aromatic rings. The summed E-state index contributed by atoms with van der Waals surface area (Å²) >= 11 is 1.33. The Hall–Kier alpha value is -1.76. The number of rotatable bonds is 6. The second-order valence-electron chi connectivity index (χ2n) is 4.27. The second kappa shape index (κ2) is 7.31. The lowest BCUT2D eigenvalue weighted by atomic mass is 10.2. The number of hydrogen-bond donors (Lipinski definition) is 0. The van der Waals surface area contributed by atoms with Gasteiger partial charge in [-0.1, -0.05) is 0 Å². The van der Waals surface area contributed by atoms with Gasteiger partial charge < -0.3 is 18.9 Å². The van der Waals surface area contributed by atoms with Crippen LogP contribution in [0.3, 0.4) is 0 Å². The number of carbonyl (C=O) groups excluding carboxylic acids is 2. The molecule has 1 aliphatic rings. The van der Waals surface area contributed by atoms with Gasteiger partial charge >= 0.3 is 11.9 Å². The molecule has 116 valence electrons. The van der Waals surface area contributed by atoms with Crippen molar-refractivity contribution in [3.8, 4) is 11.5 Å². The predicted molar refractivity (Wildman–Crippen MR) is 76.0 cm³/mol. The first-order chi connectivity index (χ1) is 10.2. The van der Waals surface area contributed by atoms with Crippen molar-refractivity contribution in [2.45, 2.75) is 26.7 Å². The number of fused-ring (bicyclic) bond motifs is 1. The van der Waals surface area contributed by atoms with Crippen LogP contribution in [0.15, 0.2) is 0 Å². The maximum absolute atomic E-state index is 11.6. The normalized spacial score (nSPS) is 12.9. The Bertz CT molecular complexity index is 477. The molecule has 0 aliphatic carbocycles. The summed E-state index contributed by atoms with van der Waals surface area (Å²) in [4.78, 5) is 24.7. The van der Waals surface area contributed by atoms with E-state index in [2.05, 4.69) is 0 Å². The molecule has 0 unspecified atom stereocenters. The summed E-state index contributed by atoms with van der Waals surface area (Å²) in [5.41, 5.74) is 0. The lowest BCUT2D eigenvalue weighted by Gasteiger charge is -2.17. The standard InChI is InChI=1S/C14H18O6S/c1-3-17-11(15)7-9-13-14(20-6-5-19-13)10(21-9)8-12(16)18-4-2/h3-8H2,1-2H3.